The molecule has 1 amide bonds. The third-order valence-electron chi connectivity index (χ3n) is 3.19. The quantitative estimate of drug-likeness (QED) is 0.714. The van der Waals surface area contributed by atoms with Crippen LogP contribution in [-0.2, 0) is 14.3 Å². The molecule has 2 fully saturated rings. The molecule has 16 heavy (non-hydrogen) atoms. The van der Waals surface area contributed by atoms with E-state index in [1.807, 2.05) is 4.90 Å². The minimum atomic E-state index is 0.151. The van der Waals surface area contributed by atoms with E-state index in [2.05, 4.69) is 15.9 Å². The number of nitrogens with zero attached hydrogens (tertiary/aromatic N) is 1. The highest BCUT2D eigenvalue weighted by molar-refractivity contribution is 9.09. The number of carbonyl (C=O) groups is 1. The molecule has 4 nitrogen and oxygen atoms in total. The Bertz CT molecular complexity index is 243. The summed E-state index contributed by atoms with van der Waals surface area (Å²) in [5, 5.41) is 0.796. The summed E-state index contributed by atoms with van der Waals surface area (Å²) in [5.41, 5.74) is 0. The van der Waals surface area contributed by atoms with Gasteiger partial charge in [-0.2, -0.15) is 0 Å². The third kappa shape index (κ3) is 2.96. The summed E-state index contributed by atoms with van der Waals surface area (Å²) in [7, 11) is 0. The Morgan fingerprint density at radius 1 is 1.31 bits per heavy atom. The molecule has 0 aromatic carbocycles. The number of rotatable bonds is 2. The molecule has 2 aliphatic heterocycles. The fourth-order valence-electron chi connectivity index (χ4n) is 2.22. The average Bonchev–Trinajstić information content (AvgIpc) is 2.39. The molecule has 1 unspecified atom stereocenters. The van der Waals surface area contributed by atoms with E-state index < -0.39 is 0 Å². The van der Waals surface area contributed by atoms with Gasteiger partial charge in [-0.15, -0.1) is 0 Å². The summed E-state index contributed by atoms with van der Waals surface area (Å²) in [5.74, 6) is 0.459. The Balaban J connectivity index is 1.87. The van der Waals surface area contributed by atoms with Crippen LogP contribution >= 0.6 is 15.9 Å². The van der Waals surface area contributed by atoms with Gasteiger partial charge in [0.15, 0.2) is 0 Å². The predicted octanol–water partition coefficient (Wildman–Crippen LogP) is 1.04. The van der Waals surface area contributed by atoms with E-state index in [9.17, 15) is 4.79 Å². The highest BCUT2D eigenvalue weighted by Crippen LogP contribution is 2.19. The second kappa shape index (κ2) is 5.98. The largest absolute Gasteiger partial charge is 0.381 e. The molecule has 0 aromatic heterocycles. The Morgan fingerprint density at radius 2 is 2.06 bits per heavy atom. The number of hydrogen-bond acceptors (Lipinski definition) is 3. The second-order valence-corrected chi connectivity index (χ2v) is 4.97. The van der Waals surface area contributed by atoms with Crippen LogP contribution in [0.25, 0.3) is 0 Å². The van der Waals surface area contributed by atoms with Gasteiger partial charge in [-0.1, -0.05) is 15.9 Å². The smallest absolute Gasteiger partial charge is 0.226 e. The number of alkyl halides is 1. The number of amides is 1. The summed E-state index contributed by atoms with van der Waals surface area (Å²) < 4.78 is 10.8. The molecule has 0 aromatic rings. The van der Waals surface area contributed by atoms with Crippen molar-refractivity contribution < 1.29 is 14.3 Å². The Hall–Kier alpha value is -0.130. The monoisotopic (exact) mass is 291 g/mol. The maximum Gasteiger partial charge on any atom is 0.226 e. The number of carbonyl (C=O) groups excluding carboxylic acids is 1. The molecule has 1 atom stereocenters. The van der Waals surface area contributed by atoms with Crippen molar-refractivity contribution >= 4 is 21.8 Å². The van der Waals surface area contributed by atoms with Crippen molar-refractivity contribution in [3.8, 4) is 0 Å². The lowest BCUT2D eigenvalue weighted by Crippen LogP contribution is -2.49. The van der Waals surface area contributed by atoms with Gasteiger partial charge in [-0.3, -0.25) is 4.79 Å². The zero-order chi connectivity index (χ0) is 11.4. The second-order valence-electron chi connectivity index (χ2n) is 4.32. The number of morpholine rings is 1. The van der Waals surface area contributed by atoms with E-state index in [-0.39, 0.29) is 17.9 Å². The lowest BCUT2D eigenvalue weighted by Gasteiger charge is -2.35. The van der Waals surface area contributed by atoms with Crippen LogP contribution in [0.3, 0.4) is 0 Å². The van der Waals surface area contributed by atoms with Gasteiger partial charge in [-0.25, -0.2) is 0 Å². The van der Waals surface area contributed by atoms with Crippen LogP contribution < -0.4 is 0 Å². The van der Waals surface area contributed by atoms with Crippen molar-refractivity contribution in [2.45, 2.75) is 18.9 Å². The SMILES string of the molecule is O=C(C1CCOCC1)N1CCOC(CBr)C1. The molecule has 0 bridgehead atoms. The van der Waals surface area contributed by atoms with Crippen molar-refractivity contribution in [2.24, 2.45) is 5.92 Å². The first-order valence-electron chi connectivity index (χ1n) is 5.85. The van der Waals surface area contributed by atoms with Crippen molar-refractivity contribution in [2.75, 3.05) is 38.2 Å². The molecule has 92 valence electrons. The lowest BCUT2D eigenvalue weighted by atomic mass is 9.98. The Labute approximate surface area is 104 Å². The van der Waals surface area contributed by atoms with Gasteiger partial charge < -0.3 is 14.4 Å². The van der Waals surface area contributed by atoms with Gasteiger partial charge in [0.05, 0.1) is 12.7 Å². The van der Waals surface area contributed by atoms with E-state index in [4.69, 9.17) is 9.47 Å². The maximum atomic E-state index is 12.2. The topological polar surface area (TPSA) is 38.8 Å². The first kappa shape index (κ1) is 12.3. The zero-order valence-corrected chi connectivity index (χ0v) is 10.9. The maximum absolute atomic E-state index is 12.2. The molecular weight excluding hydrogens is 274 g/mol. The molecular formula is C11H18BrNO3. The molecule has 5 heteroatoms. The highest BCUT2D eigenvalue weighted by Gasteiger charge is 2.29. The van der Waals surface area contributed by atoms with Crippen molar-refractivity contribution in [1.82, 2.24) is 4.90 Å². The molecule has 0 saturated carbocycles. The number of halogens is 1. The van der Waals surface area contributed by atoms with Crippen LogP contribution in [0.2, 0.25) is 0 Å². The van der Waals surface area contributed by atoms with Crippen LogP contribution in [0, 0.1) is 5.92 Å². The van der Waals surface area contributed by atoms with E-state index >= 15 is 0 Å². The predicted molar refractivity (Wildman–Crippen MR) is 63.7 cm³/mol. The van der Waals surface area contributed by atoms with Gasteiger partial charge in [0.2, 0.25) is 5.91 Å². The highest BCUT2D eigenvalue weighted by atomic mass is 79.9. The molecule has 0 spiro atoms. The summed E-state index contributed by atoms with van der Waals surface area (Å²) in [6.45, 7) is 3.57. The van der Waals surface area contributed by atoms with Crippen molar-refractivity contribution in [1.29, 1.82) is 0 Å². The fourth-order valence-corrected chi connectivity index (χ4v) is 2.61. The standard InChI is InChI=1S/C11H18BrNO3/c12-7-10-8-13(3-6-16-10)11(14)9-1-4-15-5-2-9/h9-10H,1-8H2. The van der Waals surface area contributed by atoms with Crippen LogP contribution in [0.5, 0.6) is 0 Å². The third-order valence-corrected chi connectivity index (χ3v) is 3.92. The molecule has 0 aliphatic carbocycles. The van der Waals surface area contributed by atoms with Gasteiger partial charge in [0.1, 0.15) is 0 Å². The minimum absolute atomic E-state index is 0.151. The van der Waals surface area contributed by atoms with E-state index in [1.54, 1.807) is 0 Å². The van der Waals surface area contributed by atoms with Crippen molar-refractivity contribution in [3.05, 3.63) is 0 Å². The molecule has 0 radical (unpaired) electrons. The molecule has 2 rings (SSSR count). The van der Waals surface area contributed by atoms with Crippen LogP contribution in [0.15, 0.2) is 0 Å². The summed E-state index contributed by atoms with van der Waals surface area (Å²) in [6.07, 6.45) is 1.89. The zero-order valence-electron chi connectivity index (χ0n) is 9.36. The summed E-state index contributed by atoms with van der Waals surface area (Å²) >= 11 is 3.40. The molecule has 0 N–H and O–H groups in total. The molecule has 2 heterocycles. The van der Waals surface area contributed by atoms with E-state index in [1.165, 1.54) is 0 Å². The summed E-state index contributed by atoms with van der Waals surface area (Å²) in [4.78, 5) is 14.2. The Kier molecular flexibility index (Phi) is 4.61. The normalized spacial score (nSPS) is 28.1. The van der Waals surface area contributed by atoms with Crippen LogP contribution in [0.4, 0.5) is 0 Å². The van der Waals surface area contributed by atoms with Gasteiger partial charge >= 0.3 is 0 Å². The Morgan fingerprint density at radius 3 is 2.75 bits per heavy atom. The van der Waals surface area contributed by atoms with E-state index in [0.717, 1.165) is 44.5 Å². The molecule has 2 aliphatic rings. The number of hydrogen-bond donors (Lipinski definition) is 0. The first-order chi connectivity index (χ1) is 7.81. The van der Waals surface area contributed by atoms with Crippen LogP contribution in [0.1, 0.15) is 12.8 Å². The van der Waals surface area contributed by atoms with Crippen LogP contribution in [-0.4, -0.2) is 55.2 Å². The van der Waals surface area contributed by atoms with Gasteiger partial charge in [0, 0.05) is 37.6 Å². The first-order valence-corrected chi connectivity index (χ1v) is 6.97. The number of ether oxygens (including phenoxy) is 2. The summed E-state index contributed by atoms with van der Waals surface area (Å²) in [6, 6.07) is 0. The van der Waals surface area contributed by atoms with Gasteiger partial charge in [-0.05, 0) is 12.8 Å². The fraction of sp³-hybridized carbons (Fsp3) is 0.909. The average molecular weight is 292 g/mol. The molecule has 2 saturated heterocycles. The van der Waals surface area contributed by atoms with Crippen molar-refractivity contribution in [3.63, 3.8) is 0 Å². The van der Waals surface area contributed by atoms with E-state index in [0.29, 0.717) is 6.61 Å². The minimum Gasteiger partial charge on any atom is -0.381 e. The lowest BCUT2D eigenvalue weighted by molar-refractivity contribution is -0.145. The van der Waals surface area contributed by atoms with Gasteiger partial charge in [0.25, 0.3) is 0 Å².